The molecule has 6 heteroatoms. The Kier molecular flexibility index (Phi) is 9.37. The number of hydrogen-bond donors (Lipinski definition) is 1. The monoisotopic (exact) mass is 411 g/mol. The van der Waals surface area contributed by atoms with Gasteiger partial charge in [-0.3, -0.25) is 0 Å². The fourth-order valence-corrected chi connectivity index (χ4v) is 4.68. The predicted octanol–water partition coefficient (Wildman–Crippen LogP) is 4.88. The highest BCUT2D eigenvalue weighted by molar-refractivity contribution is 6.74. The summed E-state index contributed by atoms with van der Waals surface area (Å²) in [6.45, 7) is 16.2. The first kappa shape index (κ1) is 25.3. The van der Waals surface area contributed by atoms with Crippen molar-refractivity contribution >= 4 is 8.32 Å². The average molecular weight is 412 g/mol. The molecule has 0 aliphatic heterocycles. The van der Waals surface area contributed by atoms with Crippen molar-refractivity contribution in [1.29, 1.82) is 5.26 Å². The molecular formula is C22H41NO4Si. The fraction of sp³-hybridized carbons (Fsp3) is 0.864. The second-order valence-electron chi connectivity index (χ2n) is 10.1. The van der Waals surface area contributed by atoms with Gasteiger partial charge in [-0.1, -0.05) is 40.7 Å². The molecule has 3 atom stereocenters. The lowest BCUT2D eigenvalue weighted by Gasteiger charge is -2.43. The van der Waals surface area contributed by atoms with Gasteiger partial charge in [-0.2, -0.15) is 5.26 Å². The lowest BCUT2D eigenvalue weighted by Crippen LogP contribution is -2.46. The Hall–Kier alpha value is -0.713. The van der Waals surface area contributed by atoms with Crippen LogP contribution in [0.25, 0.3) is 0 Å². The molecule has 28 heavy (non-hydrogen) atoms. The van der Waals surface area contributed by atoms with E-state index in [0.29, 0.717) is 12.5 Å². The molecule has 162 valence electrons. The van der Waals surface area contributed by atoms with Crippen LogP contribution in [0, 0.1) is 28.6 Å². The second kappa shape index (κ2) is 10.4. The van der Waals surface area contributed by atoms with Gasteiger partial charge in [0.2, 0.25) is 0 Å². The van der Waals surface area contributed by atoms with Crippen molar-refractivity contribution in [1.82, 2.24) is 0 Å². The summed E-state index contributed by atoms with van der Waals surface area (Å²) in [5.41, 5.74) is 0.567. The van der Waals surface area contributed by atoms with E-state index in [-0.39, 0.29) is 24.4 Å². The van der Waals surface area contributed by atoms with Crippen LogP contribution < -0.4 is 0 Å². The third kappa shape index (κ3) is 6.67. The van der Waals surface area contributed by atoms with Crippen LogP contribution in [0.3, 0.4) is 0 Å². The summed E-state index contributed by atoms with van der Waals surface area (Å²) in [5, 5.41) is 21.3. The van der Waals surface area contributed by atoms with E-state index in [2.05, 4.69) is 59.9 Å². The Morgan fingerprint density at radius 3 is 2.50 bits per heavy atom. The summed E-state index contributed by atoms with van der Waals surface area (Å²) < 4.78 is 16.8. The molecule has 0 heterocycles. The minimum absolute atomic E-state index is 0.0819. The van der Waals surface area contributed by atoms with Gasteiger partial charge in [-0.15, -0.1) is 0 Å². The van der Waals surface area contributed by atoms with Gasteiger partial charge < -0.3 is 19.0 Å². The summed E-state index contributed by atoms with van der Waals surface area (Å²) in [5.74, 6) is 0.134. The normalized spacial score (nSPS) is 24.8. The number of nitrogens with zero attached hydrogens (tertiary/aromatic N) is 1. The molecule has 1 rings (SSSR count). The number of methoxy groups -OCH3 is 1. The van der Waals surface area contributed by atoms with Gasteiger partial charge in [-0.25, -0.2) is 0 Å². The molecule has 0 unspecified atom stereocenters. The summed E-state index contributed by atoms with van der Waals surface area (Å²) >= 11 is 0. The minimum Gasteiger partial charge on any atom is -0.414 e. The van der Waals surface area contributed by atoms with Crippen molar-refractivity contribution in [3.05, 3.63) is 11.6 Å². The van der Waals surface area contributed by atoms with Gasteiger partial charge in [0.25, 0.3) is 0 Å². The molecule has 0 saturated heterocycles. The highest BCUT2D eigenvalue weighted by Crippen LogP contribution is 2.46. The van der Waals surface area contributed by atoms with Crippen LogP contribution in [0.5, 0.6) is 0 Å². The number of aliphatic hydroxyl groups excluding tert-OH is 1. The Morgan fingerprint density at radius 2 is 2.00 bits per heavy atom. The van der Waals surface area contributed by atoms with Crippen molar-refractivity contribution in [3.63, 3.8) is 0 Å². The van der Waals surface area contributed by atoms with E-state index >= 15 is 0 Å². The highest BCUT2D eigenvalue weighted by atomic mass is 28.4. The second-order valence-corrected chi connectivity index (χ2v) is 14.9. The molecule has 0 spiro atoms. The van der Waals surface area contributed by atoms with Crippen LogP contribution in [-0.4, -0.2) is 46.6 Å². The molecule has 0 aromatic carbocycles. The van der Waals surface area contributed by atoms with Crippen molar-refractivity contribution in [3.8, 4) is 6.07 Å². The zero-order valence-corrected chi connectivity index (χ0v) is 20.2. The van der Waals surface area contributed by atoms with Crippen molar-refractivity contribution in [2.45, 2.75) is 78.1 Å². The quantitative estimate of drug-likeness (QED) is 0.240. The first-order valence-electron chi connectivity index (χ1n) is 10.4. The van der Waals surface area contributed by atoms with Crippen LogP contribution in [0.4, 0.5) is 0 Å². The van der Waals surface area contributed by atoms with Crippen molar-refractivity contribution < 1.29 is 19.0 Å². The fourth-order valence-electron chi connectivity index (χ4n) is 3.66. The SMILES string of the molecule is COCOCC1=C[C@H]([C@H](O)CO[Si](C)(C)C(C)(C)C)[C@](C#N)(CC(C)C)CC1. The van der Waals surface area contributed by atoms with Crippen molar-refractivity contribution in [2.24, 2.45) is 17.3 Å². The Morgan fingerprint density at radius 1 is 1.36 bits per heavy atom. The molecule has 0 saturated carbocycles. The average Bonchev–Trinajstić information content (AvgIpc) is 2.59. The van der Waals surface area contributed by atoms with E-state index in [9.17, 15) is 10.4 Å². The Bertz CT molecular complexity index is 562. The molecule has 1 aliphatic rings. The summed E-state index contributed by atoms with van der Waals surface area (Å²) in [4.78, 5) is 0. The molecule has 0 fully saturated rings. The van der Waals surface area contributed by atoms with Gasteiger partial charge in [0.1, 0.15) is 6.79 Å². The van der Waals surface area contributed by atoms with E-state index < -0.39 is 19.8 Å². The summed E-state index contributed by atoms with van der Waals surface area (Å²) in [6.07, 6.45) is 3.70. The van der Waals surface area contributed by atoms with Gasteiger partial charge in [-0.05, 0) is 48.9 Å². The number of hydrogen-bond acceptors (Lipinski definition) is 5. The molecule has 1 aliphatic carbocycles. The topological polar surface area (TPSA) is 71.7 Å². The molecule has 0 radical (unpaired) electrons. The molecule has 0 aromatic heterocycles. The number of ether oxygens (including phenoxy) is 2. The van der Waals surface area contributed by atoms with Crippen LogP contribution >= 0.6 is 0 Å². The number of rotatable bonds is 10. The van der Waals surface area contributed by atoms with Crippen LogP contribution in [0.15, 0.2) is 11.6 Å². The highest BCUT2D eigenvalue weighted by Gasteiger charge is 2.45. The number of aliphatic hydroxyl groups is 1. The first-order valence-corrected chi connectivity index (χ1v) is 13.3. The predicted molar refractivity (Wildman–Crippen MR) is 115 cm³/mol. The lowest BCUT2D eigenvalue weighted by molar-refractivity contribution is -0.0251. The van der Waals surface area contributed by atoms with Crippen LogP contribution in [-0.2, 0) is 13.9 Å². The molecule has 1 N–H and O–H groups in total. The molecule has 0 amide bonds. The summed E-state index contributed by atoms with van der Waals surface area (Å²) in [7, 11) is -0.367. The van der Waals surface area contributed by atoms with Gasteiger partial charge >= 0.3 is 0 Å². The molecule has 0 aromatic rings. The van der Waals surface area contributed by atoms with E-state index in [0.717, 1.165) is 24.8 Å². The number of nitriles is 1. The van der Waals surface area contributed by atoms with Crippen molar-refractivity contribution in [2.75, 3.05) is 27.1 Å². The smallest absolute Gasteiger partial charge is 0.192 e. The first-order chi connectivity index (χ1) is 12.9. The maximum atomic E-state index is 11.1. The van der Waals surface area contributed by atoms with E-state index in [4.69, 9.17) is 13.9 Å². The third-order valence-corrected chi connectivity index (χ3v) is 10.8. The Balaban J connectivity index is 3.04. The largest absolute Gasteiger partial charge is 0.414 e. The van der Waals surface area contributed by atoms with Crippen LogP contribution in [0.2, 0.25) is 18.1 Å². The Labute approximate surface area is 173 Å². The summed E-state index contributed by atoms with van der Waals surface area (Å²) in [6, 6.07) is 2.58. The van der Waals surface area contributed by atoms with Crippen LogP contribution in [0.1, 0.15) is 53.9 Å². The molecule has 5 nitrogen and oxygen atoms in total. The van der Waals surface area contributed by atoms with E-state index in [1.54, 1.807) is 7.11 Å². The molecule has 0 bridgehead atoms. The van der Waals surface area contributed by atoms with Gasteiger partial charge in [0.15, 0.2) is 8.32 Å². The molecular weight excluding hydrogens is 370 g/mol. The van der Waals surface area contributed by atoms with Gasteiger partial charge in [0, 0.05) is 13.0 Å². The maximum Gasteiger partial charge on any atom is 0.192 e. The maximum absolute atomic E-state index is 11.1. The lowest BCUT2D eigenvalue weighted by atomic mass is 9.63. The third-order valence-electron chi connectivity index (χ3n) is 6.27. The van der Waals surface area contributed by atoms with E-state index in [1.165, 1.54) is 0 Å². The zero-order valence-electron chi connectivity index (χ0n) is 19.2. The zero-order chi connectivity index (χ0) is 21.6. The van der Waals surface area contributed by atoms with Gasteiger partial charge in [0.05, 0.1) is 30.8 Å². The minimum atomic E-state index is -1.97. The van der Waals surface area contributed by atoms with E-state index in [1.807, 2.05) is 0 Å². The standard InChI is InChI=1S/C22H41NO4Si/c1-17(2)12-22(15-23)10-9-18(13-26-16-25-6)11-19(22)20(24)14-27-28(7,8)21(3,4)5/h11,17,19-20,24H,9-10,12-14,16H2,1-8H3/t19-,20-,22+/m1/s1.